The van der Waals surface area contributed by atoms with Crippen LogP contribution in [0.25, 0.3) is 0 Å². The molecule has 6 heteroatoms. The molecule has 1 aliphatic heterocycles. The highest BCUT2D eigenvalue weighted by Gasteiger charge is 2.38. The van der Waals surface area contributed by atoms with Crippen LogP contribution < -0.4 is 10.5 Å². The summed E-state index contributed by atoms with van der Waals surface area (Å²) in [5.74, 6) is 0.752. The number of fused-ring (bicyclic) bond motifs is 1. The first-order valence-corrected chi connectivity index (χ1v) is 6.78. The molecule has 1 aliphatic carbocycles. The molecule has 0 bridgehead atoms. The van der Waals surface area contributed by atoms with Crippen LogP contribution in [0.4, 0.5) is 4.39 Å². The topological polar surface area (TPSA) is 55.6 Å². The molecule has 0 aromatic heterocycles. The maximum Gasteiger partial charge on any atom is 0.254 e. The quantitative estimate of drug-likeness (QED) is 0.908. The van der Waals surface area contributed by atoms with Crippen molar-refractivity contribution < 1.29 is 13.9 Å². The van der Waals surface area contributed by atoms with E-state index in [0.717, 1.165) is 24.0 Å². The Labute approximate surface area is 129 Å². The maximum absolute atomic E-state index is 12.4. The Hall–Kier alpha value is -1.59. The van der Waals surface area contributed by atoms with E-state index in [1.54, 1.807) is 12.1 Å². The zero-order valence-corrected chi connectivity index (χ0v) is 12.4. The SMILES string of the molecule is Cl.NCC(=CF)COc1ccc2c(c1)CN(C1CC1)C2=O. The van der Waals surface area contributed by atoms with E-state index in [-0.39, 0.29) is 31.5 Å². The fourth-order valence-electron chi connectivity index (χ4n) is 2.40. The van der Waals surface area contributed by atoms with Crippen molar-refractivity contribution in [3.8, 4) is 5.75 Å². The number of hydrogen-bond donors (Lipinski definition) is 1. The number of amides is 1. The van der Waals surface area contributed by atoms with Crippen LogP contribution in [0.3, 0.4) is 0 Å². The molecular formula is C15H18ClFN2O2. The Morgan fingerprint density at radius 2 is 2.24 bits per heavy atom. The lowest BCUT2D eigenvalue weighted by atomic mass is 10.1. The molecule has 3 rings (SSSR count). The van der Waals surface area contributed by atoms with Gasteiger partial charge in [0.1, 0.15) is 12.4 Å². The minimum atomic E-state index is 0. The molecule has 0 atom stereocenters. The highest BCUT2D eigenvalue weighted by molar-refractivity contribution is 5.98. The van der Waals surface area contributed by atoms with Gasteiger partial charge in [0.15, 0.2) is 0 Å². The second kappa shape index (κ2) is 6.45. The molecule has 0 saturated heterocycles. The van der Waals surface area contributed by atoms with Crippen molar-refractivity contribution in [1.29, 1.82) is 0 Å². The molecule has 1 aromatic carbocycles. The zero-order valence-electron chi connectivity index (χ0n) is 11.5. The van der Waals surface area contributed by atoms with Gasteiger partial charge in [-0.2, -0.15) is 0 Å². The minimum Gasteiger partial charge on any atom is -0.489 e. The van der Waals surface area contributed by atoms with Crippen LogP contribution in [0.15, 0.2) is 30.1 Å². The van der Waals surface area contributed by atoms with Gasteiger partial charge in [0.05, 0.1) is 6.33 Å². The molecule has 2 aliphatic rings. The van der Waals surface area contributed by atoms with Gasteiger partial charge < -0.3 is 15.4 Å². The first-order chi connectivity index (χ1) is 9.72. The average molecular weight is 313 g/mol. The Kier molecular flexibility index (Phi) is 4.85. The van der Waals surface area contributed by atoms with Gasteiger partial charge in [-0.05, 0) is 36.6 Å². The van der Waals surface area contributed by atoms with Gasteiger partial charge in [0.25, 0.3) is 5.91 Å². The summed E-state index contributed by atoms with van der Waals surface area (Å²) in [6, 6.07) is 5.82. The third-order valence-electron chi connectivity index (χ3n) is 3.74. The second-order valence-corrected chi connectivity index (χ2v) is 5.24. The molecule has 2 N–H and O–H groups in total. The van der Waals surface area contributed by atoms with Crippen molar-refractivity contribution in [2.24, 2.45) is 5.73 Å². The van der Waals surface area contributed by atoms with Crippen molar-refractivity contribution >= 4 is 18.3 Å². The molecule has 1 saturated carbocycles. The van der Waals surface area contributed by atoms with Crippen LogP contribution in [-0.4, -0.2) is 30.0 Å². The molecule has 114 valence electrons. The van der Waals surface area contributed by atoms with Crippen LogP contribution in [0.1, 0.15) is 28.8 Å². The third kappa shape index (κ3) is 3.19. The van der Waals surface area contributed by atoms with E-state index in [2.05, 4.69) is 0 Å². The molecule has 1 heterocycles. The summed E-state index contributed by atoms with van der Waals surface area (Å²) in [4.78, 5) is 14.1. The molecule has 0 radical (unpaired) electrons. The van der Waals surface area contributed by atoms with Gasteiger partial charge in [-0.1, -0.05) is 0 Å². The Morgan fingerprint density at radius 1 is 1.48 bits per heavy atom. The molecular weight excluding hydrogens is 295 g/mol. The summed E-state index contributed by atoms with van der Waals surface area (Å²) < 4.78 is 17.9. The Balaban J connectivity index is 0.00000161. The summed E-state index contributed by atoms with van der Waals surface area (Å²) in [7, 11) is 0. The largest absolute Gasteiger partial charge is 0.489 e. The van der Waals surface area contributed by atoms with Gasteiger partial charge in [-0.25, -0.2) is 4.39 Å². The van der Waals surface area contributed by atoms with E-state index in [0.29, 0.717) is 30.2 Å². The van der Waals surface area contributed by atoms with Crippen LogP contribution in [-0.2, 0) is 6.54 Å². The standard InChI is InChI=1S/C15H17FN2O2.ClH/c16-6-10(7-17)9-20-13-3-4-14-11(5-13)8-18(15(14)19)12-1-2-12;/h3-6,12H,1-2,7-9,17H2;1H. The third-order valence-corrected chi connectivity index (χ3v) is 3.74. The molecule has 1 amide bonds. The van der Waals surface area contributed by atoms with Crippen molar-refractivity contribution in [3.05, 3.63) is 41.2 Å². The number of carbonyl (C=O) groups excluding carboxylic acids is 1. The molecule has 4 nitrogen and oxygen atoms in total. The van der Waals surface area contributed by atoms with Crippen molar-refractivity contribution in [1.82, 2.24) is 4.90 Å². The first-order valence-electron chi connectivity index (χ1n) is 6.78. The Morgan fingerprint density at radius 3 is 2.86 bits per heavy atom. The smallest absolute Gasteiger partial charge is 0.254 e. The average Bonchev–Trinajstić information content (AvgIpc) is 3.25. The number of benzene rings is 1. The number of rotatable bonds is 5. The van der Waals surface area contributed by atoms with E-state index in [1.165, 1.54) is 0 Å². The van der Waals surface area contributed by atoms with Crippen molar-refractivity contribution in [3.63, 3.8) is 0 Å². The lowest BCUT2D eigenvalue weighted by Crippen LogP contribution is -2.25. The summed E-state index contributed by atoms with van der Waals surface area (Å²) in [6.45, 7) is 0.917. The van der Waals surface area contributed by atoms with Crippen molar-refractivity contribution in [2.45, 2.75) is 25.4 Å². The van der Waals surface area contributed by atoms with E-state index >= 15 is 0 Å². The summed E-state index contributed by atoms with van der Waals surface area (Å²) in [5.41, 5.74) is 7.52. The number of halogens is 2. The molecule has 1 fully saturated rings. The highest BCUT2D eigenvalue weighted by atomic mass is 35.5. The van der Waals surface area contributed by atoms with Gasteiger partial charge >= 0.3 is 0 Å². The predicted octanol–water partition coefficient (Wildman–Crippen LogP) is 2.42. The van der Waals surface area contributed by atoms with Gasteiger partial charge in [0.2, 0.25) is 0 Å². The second-order valence-electron chi connectivity index (χ2n) is 5.24. The number of hydrogen-bond acceptors (Lipinski definition) is 3. The molecule has 0 unspecified atom stereocenters. The number of nitrogens with two attached hydrogens (primary N) is 1. The van der Waals surface area contributed by atoms with Crippen LogP contribution in [0.5, 0.6) is 5.75 Å². The molecule has 21 heavy (non-hydrogen) atoms. The fraction of sp³-hybridized carbons (Fsp3) is 0.400. The molecule has 0 spiro atoms. The minimum absolute atomic E-state index is 0. The van der Waals surface area contributed by atoms with E-state index in [1.807, 2.05) is 11.0 Å². The number of carbonyl (C=O) groups is 1. The van der Waals surface area contributed by atoms with Gasteiger partial charge in [-0.3, -0.25) is 4.79 Å². The summed E-state index contributed by atoms with van der Waals surface area (Å²) in [5, 5.41) is 0. The zero-order chi connectivity index (χ0) is 14.1. The van der Waals surface area contributed by atoms with Gasteiger partial charge in [0, 0.05) is 30.3 Å². The summed E-state index contributed by atoms with van der Waals surface area (Å²) in [6.07, 6.45) is 2.68. The fourth-order valence-corrected chi connectivity index (χ4v) is 2.40. The summed E-state index contributed by atoms with van der Waals surface area (Å²) >= 11 is 0. The van der Waals surface area contributed by atoms with E-state index in [4.69, 9.17) is 10.5 Å². The lowest BCUT2D eigenvalue weighted by molar-refractivity contribution is 0.0766. The van der Waals surface area contributed by atoms with Crippen LogP contribution >= 0.6 is 12.4 Å². The van der Waals surface area contributed by atoms with Crippen LogP contribution in [0.2, 0.25) is 0 Å². The van der Waals surface area contributed by atoms with Crippen molar-refractivity contribution in [2.75, 3.05) is 13.2 Å². The molecule has 1 aromatic rings. The van der Waals surface area contributed by atoms with E-state index < -0.39 is 0 Å². The van der Waals surface area contributed by atoms with E-state index in [9.17, 15) is 9.18 Å². The first kappa shape index (κ1) is 15.8. The van der Waals surface area contributed by atoms with Gasteiger partial charge in [-0.15, -0.1) is 12.4 Å². The number of ether oxygens (including phenoxy) is 1. The Bertz CT molecular complexity index is 573. The maximum atomic E-state index is 12.4. The predicted molar refractivity (Wildman–Crippen MR) is 80.3 cm³/mol. The number of nitrogens with zero attached hydrogens (tertiary/aromatic N) is 1. The van der Waals surface area contributed by atoms with Crippen LogP contribution in [0, 0.1) is 0 Å². The lowest BCUT2D eigenvalue weighted by Gasteiger charge is -2.13. The normalized spacial score (nSPS) is 17.5. The monoisotopic (exact) mass is 312 g/mol. The highest BCUT2D eigenvalue weighted by Crippen LogP contribution is 2.35.